The molecule has 3 aromatic heterocycles. The van der Waals surface area contributed by atoms with Crippen molar-refractivity contribution in [3.05, 3.63) is 30.4 Å². The van der Waals surface area contributed by atoms with Crippen molar-refractivity contribution < 1.29 is 14.6 Å². The Kier molecular flexibility index (Phi) is 5.29. The SMILES string of the molecule is CC(C)n1c(CO)nc2cnc(Nc3ccnc(N4CC[C@@](C)(O)[C@H](F)C4)n3)cc21. The molecule has 1 saturated heterocycles. The van der Waals surface area contributed by atoms with Crippen LogP contribution >= 0.6 is 0 Å². The third kappa shape index (κ3) is 3.80. The van der Waals surface area contributed by atoms with Crippen LogP contribution in [0.1, 0.15) is 39.1 Å². The van der Waals surface area contributed by atoms with E-state index in [4.69, 9.17) is 0 Å². The molecule has 9 nitrogen and oxygen atoms in total. The fourth-order valence-corrected chi connectivity index (χ4v) is 3.69. The van der Waals surface area contributed by atoms with Gasteiger partial charge in [-0.3, -0.25) is 0 Å². The largest absolute Gasteiger partial charge is 0.388 e. The summed E-state index contributed by atoms with van der Waals surface area (Å²) in [4.78, 5) is 19.3. The molecule has 4 heterocycles. The number of rotatable bonds is 5. The van der Waals surface area contributed by atoms with Crippen LogP contribution in [0, 0.1) is 0 Å². The van der Waals surface area contributed by atoms with Crippen LogP contribution in [0.25, 0.3) is 11.0 Å². The molecule has 0 amide bonds. The topological polar surface area (TPSA) is 112 Å². The molecule has 0 bridgehead atoms. The quantitative estimate of drug-likeness (QED) is 0.582. The second kappa shape index (κ2) is 7.77. The normalized spacial score (nSPS) is 22.1. The van der Waals surface area contributed by atoms with Crippen molar-refractivity contribution in [1.82, 2.24) is 24.5 Å². The number of halogens is 1. The number of hydrogen-bond donors (Lipinski definition) is 3. The first-order valence-electron chi connectivity index (χ1n) is 9.97. The molecule has 0 aromatic carbocycles. The summed E-state index contributed by atoms with van der Waals surface area (Å²) in [6, 6.07) is 3.70. The van der Waals surface area contributed by atoms with Gasteiger partial charge in [-0.2, -0.15) is 4.98 Å². The van der Waals surface area contributed by atoms with E-state index in [-0.39, 0.29) is 19.2 Å². The lowest BCUT2D eigenvalue weighted by Gasteiger charge is -2.38. The molecule has 3 aromatic rings. The molecule has 2 atom stereocenters. The van der Waals surface area contributed by atoms with Gasteiger partial charge in [0.05, 0.1) is 23.9 Å². The number of alkyl halides is 1. The Balaban J connectivity index is 1.58. The molecule has 4 rings (SSSR count). The average Bonchev–Trinajstić information content (AvgIpc) is 3.08. The molecular formula is C20H26FN7O2. The van der Waals surface area contributed by atoms with E-state index in [2.05, 4.69) is 25.3 Å². The molecule has 3 N–H and O–H groups in total. The minimum atomic E-state index is -1.37. The number of imidazole rings is 1. The van der Waals surface area contributed by atoms with Crippen molar-refractivity contribution in [2.24, 2.45) is 0 Å². The molecule has 1 aliphatic rings. The first kappa shape index (κ1) is 20.4. The van der Waals surface area contributed by atoms with E-state index in [1.165, 1.54) is 6.92 Å². The van der Waals surface area contributed by atoms with Gasteiger partial charge < -0.3 is 25.0 Å². The van der Waals surface area contributed by atoms with Gasteiger partial charge in [0, 0.05) is 24.8 Å². The molecule has 0 spiro atoms. The maximum absolute atomic E-state index is 14.2. The van der Waals surface area contributed by atoms with E-state index in [9.17, 15) is 14.6 Å². The molecule has 30 heavy (non-hydrogen) atoms. The Morgan fingerprint density at radius 2 is 2.10 bits per heavy atom. The standard InChI is InChI=1S/C20H26FN7O2/c1-12(2)28-14-8-17(23-9-13(14)24-18(28)11-29)25-16-4-6-22-19(26-16)27-7-5-20(3,30)15(21)10-27/h4,6,8-9,12,15,29-30H,5,7,10-11H2,1-3H3,(H,22,23,25,26)/t15-,20-/m1/s1. The van der Waals surface area contributed by atoms with Crippen LogP contribution in [0.5, 0.6) is 0 Å². The minimum Gasteiger partial charge on any atom is -0.388 e. The smallest absolute Gasteiger partial charge is 0.227 e. The summed E-state index contributed by atoms with van der Waals surface area (Å²) in [5.41, 5.74) is 0.244. The zero-order valence-electron chi connectivity index (χ0n) is 17.2. The highest BCUT2D eigenvalue weighted by Gasteiger charge is 2.38. The summed E-state index contributed by atoms with van der Waals surface area (Å²) in [7, 11) is 0. The van der Waals surface area contributed by atoms with Crippen molar-refractivity contribution in [2.75, 3.05) is 23.3 Å². The van der Waals surface area contributed by atoms with Gasteiger partial charge in [-0.05, 0) is 33.3 Å². The summed E-state index contributed by atoms with van der Waals surface area (Å²) >= 11 is 0. The van der Waals surface area contributed by atoms with E-state index >= 15 is 0 Å². The highest BCUT2D eigenvalue weighted by molar-refractivity contribution is 5.79. The van der Waals surface area contributed by atoms with Gasteiger partial charge in [0.1, 0.15) is 35.8 Å². The third-order valence-corrected chi connectivity index (χ3v) is 5.43. The third-order valence-electron chi connectivity index (χ3n) is 5.43. The van der Waals surface area contributed by atoms with Gasteiger partial charge in [0.15, 0.2) is 0 Å². The van der Waals surface area contributed by atoms with Crippen LogP contribution in [0.3, 0.4) is 0 Å². The van der Waals surface area contributed by atoms with Gasteiger partial charge in [0.2, 0.25) is 5.95 Å². The number of piperidine rings is 1. The van der Waals surface area contributed by atoms with E-state index in [0.29, 0.717) is 41.9 Å². The lowest BCUT2D eigenvalue weighted by molar-refractivity contribution is -0.0332. The lowest BCUT2D eigenvalue weighted by Crippen LogP contribution is -2.52. The number of pyridine rings is 1. The van der Waals surface area contributed by atoms with Crippen molar-refractivity contribution in [3.63, 3.8) is 0 Å². The summed E-state index contributed by atoms with van der Waals surface area (Å²) < 4.78 is 16.2. The molecule has 0 radical (unpaired) electrons. The Morgan fingerprint density at radius 1 is 1.30 bits per heavy atom. The van der Waals surface area contributed by atoms with Crippen molar-refractivity contribution in [3.8, 4) is 0 Å². The van der Waals surface area contributed by atoms with E-state index in [0.717, 1.165) is 5.52 Å². The van der Waals surface area contributed by atoms with Gasteiger partial charge in [-0.15, -0.1) is 0 Å². The predicted octanol–water partition coefficient (Wildman–Crippen LogP) is 2.34. The number of aliphatic hydroxyl groups is 2. The van der Waals surface area contributed by atoms with Crippen molar-refractivity contribution in [1.29, 1.82) is 0 Å². The number of hydrogen-bond acceptors (Lipinski definition) is 8. The van der Waals surface area contributed by atoms with E-state index in [1.54, 1.807) is 23.4 Å². The van der Waals surface area contributed by atoms with Gasteiger partial charge in [-0.25, -0.2) is 19.3 Å². The Hall–Kier alpha value is -2.85. The Bertz CT molecular complexity index is 1050. The summed E-state index contributed by atoms with van der Waals surface area (Å²) in [6.45, 7) is 5.93. The summed E-state index contributed by atoms with van der Waals surface area (Å²) in [5.74, 6) is 2.08. The molecule has 0 unspecified atom stereocenters. The van der Waals surface area contributed by atoms with Crippen LogP contribution in [-0.2, 0) is 6.61 Å². The van der Waals surface area contributed by atoms with Gasteiger partial charge in [-0.1, -0.05) is 0 Å². The Morgan fingerprint density at radius 3 is 2.80 bits per heavy atom. The van der Waals surface area contributed by atoms with Crippen LogP contribution in [-0.4, -0.2) is 59.6 Å². The van der Waals surface area contributed by atoms with Crippen LogP contribution in [0.15, 0.2) is 24.5 Å². The zero-order valence-corrected chi connectivity index (χ0v) is 17.2. The molecule has 1 fully saturated rings. The second-order valence-electron chi connectivity index (χ2n) is 8.10. The number of aliphatic hydroxyl groups excluding tert-OH is 1. The Labute approximate surface area is 173 Å². The first-order valence-corrected chi connectivity index (χ1v) is 9.97. The first-order chi connectivity index (χ1) is 14.3. The molecular weight excluding hydrogens is 389 g/mol. The zero-order chi connectivity index (χ0) is 21.5. The number of aromatic nitrogens is 5. The van der Waals surface area contributed by atoms with Crippen LogP contribution in [0.2, 0.25) is 0 Å². The molecule has 0 saturated carbocycles. The van der Waals surface area contributed by atoms with E-state index in [1.807, 2.05) is 24.5 Å². The molecule has 160 valence electrons. The molecule has 1 aliphatic heterocycles. The summed E-state index contributed by atoms with van der Waals surface area (Å²) in [5, 5.41) is 22.8. The number of nitrogens with zero attached hydrogens (tertiary/aromatic N) is 6. The summed E-state index contributed by atoms with van der Waals surface area (Å²) in [6.07, 6.45) is 2.19. The molecule has 10 heteroatoms. The number of nitrogens with one attached hydrogen (secondary N) is 1. The fraction of sp³-hybridized carbons (Fsp3) is 0.500. The maximum atomic E-state index is 14.2. The molecule has 0 aliphatic carbocycles. The van der Waals surface area contributed by atoms with Crippen molar-refractivity contribution in [2.45, 2.75) is 51.6 Å². The van der Waals surface area contributed by atoms with E-state index < -0.39 is 11.8 Å². The highest BCUT2D eigenvalue weighted by atomic mass is 19.1. The van der Waals surface area contributed by atoms with Crippen LogP contribution < -0.4 is 10.2 Å². The average molecular weight is 415 g/mol. The number of fused-ring (bicyclic) bond motifs is 1. The maximum Gasteiger partial charge on any atom is 0.227 e. The van der Waals surface area contributed by atoms with Crippen molar-refractivity contribution >= 4 is 28.6 Å². The lowest BCUT2D eigenvalue weighted by atomic mass is 9.92. The second-order valence-corrected chi connectivity index (χ2v) is 8.10. The van der Waals surface area contributed by atoms with Gasteiger partial charge >= 0.3 is 0 Å². The van der Waals surface area contributed by atoms with Crippen LogP contribution in [0.4, 0.5) is 22.0 Å². The highest BCUT2D eigenvalue weighted by Crippen LogP contribution is 2.28. The number of anilines is 3. The minimum absolute atomic E-state index is 0.0399. The fourth-order valence-electron chi connectivity index (χ4n) is 3.69. The monoisotopic (exact) mass is 415 g/mol. The van der Waals surface area contributed by atoms with Gasteiger partial charge in [0.25, 0.3) is 0 Å². The predicted molar refractivity (Wildman–Crippen MR) is 112 cm³/mol.